The number of nitrogens with two attached hydrogens (primary N) is 2. The Morgan fingerprint density at radius 3 is 2.52 bits per heavy atom. The Morgan fingerprint density at radius 1 is 1.29 bits per heavy atom. The maximum absolute atomic E-state index is 11.8. The van der Waals surface area contributed by atoms with Gasteiger partial charge in [-0.1, -0.05) is 13.0 Å². The largest absolute Gasteiger partial charge is 0.368 e. The normalized spacial score (nSPS) is 22.0. The van der Waals surface area contributed by atoms with Crippen molar-refractivity contribution in [3.63, 3.8) is 0 Å². The molecule has 0 heterocycles. The number of hydrogen-bond donors (Lipinski definition) is 2. The standard InChI is InChI=1S/C17H27N3O/c1-3-10-20(14-7-5-13(18)6-8-14)16-11-12(2)4-9-15(16)17(19)21/h4,9,11,13-14H,3,5-8,10,18H2,1-2H3,(H2,19,21). The average Bonchev–Trinajstić information content (AvgIpc) is 2.45. The van der Waals surface area contributed by atoms with Crippen molar-refractivity contribution in [1.82, 2.24) is 0 Å². The molecule has 4 nitrogen and oxygen atoms in total. The highest BCUT2D eigenvalue weighted by atomic mass is 16.1. The zero-order valence-corrected chi connectivity index (χ0v) is 13.1. The zero-order chi connectivity index (χ0) is 15.4. The van der Waals surface area contributed by atoms with Gasteiger partial charge in [-0.3, -0.25) is 4.79 Å². The Labute approximate surface area is 127 Å². The van der Waals surface area contributed by atoms with Crippen molar-refractivity contribution < 1.29 is 4.79 Å². The number of carbonyl (C=O) groups is 1. The van der Waals surface area contributed by atoms with Gasteiger partial charge in [-0.2, -0.15) is 0 Å². The maximum atomic E-state index is 11.8. The molecule has 0 unspecified atom stereocenters. The number of hydrogen-bond acceptors (Lipinski definition) is 3. The first-order chi connectivity index (χ1) is 10.0. The second kappa shape index (κ2) is 6.94. The fourth-order valence-corrected chi connectivity index (χ4v) is 3.24. The number of nitrogens with zero attached hydrogens (tertiary/aromatic N) is 1. The molecule has 1 fully saturated rings. The van der Waals surface area contributed by atoms with Gasteiger partial charge < -0.3 is 16.4 Å². The number of primary amides is 1. The first-order valence-electron chi connectivity index (χ1n) is 7.95. The van der Waals surface area contributed by atoms with Crippen molar-refractivity contribution in [2.24, 2.45) is 11.5 Å². The molecular weight excluding hydrogens is 262 g/mol. The molecule has 0 saturated heterocycles. The fourth-order valence-electron chi connectivity index (χ4n) is 3.24. The molecule has 0 atom stereocenters. The molecule has 1 amide bonds. The van der Waals surface area contributed by atoms with Crippen LogP contribution in [-0.2, 0) is 0 Å². The van der Waals surface area contributed by atoms with Crippen LogP contribution in [0.25, 0.3) is 0 Å². The number of aryl methyl sites for hydroxylation is 1. The van der Waals surface area contributed by atoms with Crippen molar-refractivity contribution >= 4 is 11.6 Å². The van der Waals surface area contributed by atoms with Crippen LogP contribution >= 0.6 is 0 Å². The number of rotatable bonds is 5. The van der Waals surface area contributed by atoms with Gasteiger partial charge in [0.25, 0.3) is 5.91 Å². The first kappa shape index (κ1) is 15.8. The number of anilines is 1. The van der Waals surface area contributed by atoms with E-state index in [1.54, 1.807) is 0 Å². The molecule has 0 aromatic heterocycles. The molecular formula is C17H27N3O. The van der Waals surface area contributed by atoms with Crippen LogP contribution in [-0.4, -0.2) is 24.5 Å². The highest BCUT2D eigenvalue weighted by Crippen LogP contribution is 2.30. The van der Waals surface area contributed by atoms with Gasteiger partial charge in [0.1, 0.15) is 0 Å². The summed E-state index contributed by atoms with van der Waals surface area (Å²) >= 11 is 0. The average molecular weight is 289 g/mol. The molecule has 116 valence electrons. The molecule has 0 bridgehead atoms. The predicted molar refractivity (Wildman–Crippen MR) is 87.6 cm³/mol. The molecule has 1 aromatic rings. The Balaban J connectivity index is 2.33. The van der Waals surface area contributed by atoms with E-state index in [0.29, 0.717) is 17.6 Å². The van der Waals surface area contributed by atoms with Crippen LogP contribution in [0.15, 0.2) is 18.2 Å². The van der Waals surface area contributed by atoms with Gasteiger partial charge in [0.05, 0.1) is 11.3 Å². The van der Waals surface area contributed by atoms with Gasteiger partial charge in [0.2, 0.25) is 0 Å². The van der Waals surface area contributed by atoms with Crippen LogP contribution < -0.4 is 16.4 Å². The molecule has 4 N–H and O–H groups in total. The molecule has 0 aliphatic heterocycles. The van der Waals surface area contributed by atoms with E-state index in [4.69, 9.17) is 11.5 Å². The Morgan fingerprint density at radius 2 is 1.95 bits per heavy atom. The monoisotopic (exact) mass is 289 g/mol. The summed E-state index contributed by atoms with van der Waals surface area (Å²) < 4.78 is 0. The number of amides is 1. The van der Waals surface area contributed by atoms with Crippen molar-refractivity contribution in [3.05, 3.63) is 29.3 Å². The lowest BCUT2D eigenvalue weighted by atomic mass is 9.90. The van der Waals surface area contributed by atoms with Crippen LogP contribution in [0.4, 0.5) is 5.69 Å². The molecule has 1 aromatic carbocycles. The van der Waals surface area contributed by atoms with E-state index in [-0.39, 0.29) is 5.91 Å². The van der Waals surface area contributed by atoms with Crippen molar-refractivity contribution in [3.8, 4) is 0 Å². The Kier molecular flexibility index (Phi) is 5.23. The summed E-state index contributed by atoms with van der Waals surface area (Å²) in [5.74, 6) is -0.349. The van der Waals surface area contributed by atoms with Gasteiger partial charge in [-0.05, 0) is 56.7 Å². The van der Waals surface area contributed by atoms with Crippen LogP contribution in [0.3, 0.4) is 0 Å². The SMILES string of the molecule is CCCN(c1cc(C)ccc1C(N)=O)C1CCC(N)CC1. The summed E-state index contributed by atoms with van der Waals surface area (Å²) in [5.41, 5.74) is 14.4. The van der Waals surface area contributed by atoms with Crippen LogP contribution in [0.5, 0.6) is 0 Å². The minimum Gasteiger partial charge on any atom is -0.368 e. The summed E-state index contributed by atoms with van der Waals surface area (Å²) in [5, 5.41) is 0. The second-order valence-electron chi connectivity index (χ2n) is 6.15. The third-order valence-corrected chi connectivity index (χ3v) is 4.37. The Hall–Kier alpha value is -1.55. The molecule has 2 rings (SSSR count). The van der Waals surface area contributed by atoms with Gasteiger partial charge in [0.15, 0.2) is 0 Å². The molecule has 1 saturated carbocycles. The van der Waals surface area contributed by atoms with E-state index in [1.165, 1.54) is 0 Å². The van der Waals surface area contributed by atoms with Crippen LogP contribution in [0.2, 0.25) is 0 Å². The predicted octanol–water partition coefficient (Wildman–Crippen LogP) is 2.58. The third kappa shape index (κ3) is 3.76. The number of carbonyl (C=O) groups excluding carboxylic acids is 1. The van der Waals surface area contributed by atoms with E-state index in [2.05, 4.69) is 24.8 Å². The summed E-state index contributed by atoms with van der Waals surface area (Å²) in [6, 6.07) is 6.68. The van der Waals surface area contributed by atoms with Gasteiger partial charge in [-0.15, -0.1) is 0 Å². The van der Waals surface area contributed by atoms with Crippen molar-refractivity contribution in [1.29, 1.82) is 0 Å². The Bertz CT molecular complexity index is 493. The second-order valence-corrected chi connectivity index (χ2v) is 6.15. The highest BCUT2D eigenvalue weighted by molar-refractivity contribution is 5.98. The lowest BCUT2D eigenvalue weighted by Gasteiger charge is -2.38. The maximum Gasteiger partial charge on any atom is 0.250 e. The van der Waals surface area contributed by atoms with Gasteiger partial charge in [-0.25, -0.2) is 0 Å². The lowest BCUT2D eigenvalue weighted by molar-refractivity contribution is 0.100. The van der Waals surface area contributed by atoms with E-state index < -0.39 is 0 Å². The van der Waals surface area contributed by atoms with E-state index in [0.717, 1.165) is 49.9 Å². The quantitative estimate of drug-likeness (QED) is 0.875. The molecule has 1 aliphatic carbocycles. The summed E-state index contributed by atoms with van der Waals surface area (Å²) in [6.45, 7) is 5.17. The zero-order valence-electron chi connectivity index (χ0n) is 13.1. The van der Waals surface area contributed by atoms with Gasteiger partial charge >= 0.3 is 0 Å². The molecule has 21 heavy (non-hydrogen) atoms. The van der Waals surface area contributed by atoms with E-state index in [9.17, 15) is 4.79 Å². The van der Waals surface area contributed by atoms with Crippen molar-refractivity contribution in [2.45, 2.75) is 58.0 Å². The molecule has 0 spiro atoms. The van der Waals surface area contributed by atoms with E-state index in [1.807, 2.05) is 12.1 Å². The fraction of sp³-hybridized carbons (Fsp3) is 0.588. The number of benzene rings is 1. The minimum atomic E-state index is -0.349. The third-order valence-electron chi connectivity index (χ3n) is 4.37. The first-order valence-corrected chi connectivity index (χ1v) is 7.95. The lowest BCUT2D eigenvalue weighted by Crippen LogP contribution is -2.42. The molecule has 4 heteroatoms. The molecule has 1 aliphatic rings. The van der Waals surface area contributed by atoms with Gasteiger partial charge in [0, 0.05) is 18.6 Å². The van der Waals surface area contributed by atoms with Crippen molar-refractivity contribution in [2.75, 3.05) is 11.4 Å². The molecule has 0 radical (unpaired) electrons. The summed E-state index contributed by atoms with van der Waals surface area (Å²) in [4.78, 5) is 14.1. The van der Waals surface area contributed by atoms with Crippen LogP contribution in [0, 0.1) is 6.92 Å². The summed E-state index contributed by atoms with van der Waals surface area (Å²) in [7, 11) is 0. The smallest absolute Gasteiger partial charge is 0.250 e. The topological polar surface area (TPSA) is 72.3 Å². The highest BCUT2D eigenvalue weighted by Gasteiger charge is 2.26. The van der Waals surface area contributed by atoms with E-state index >= 15 is 0 Å². The van der Waals surface area contributed by atoms with Crippen LogP contribution in [0.1, 0.15) is 54.9 Å². The summed E-state index contributed by atoms with van der Waals surface area (Å²) in [6.07, 6.45) is 5.35. The minimum absolute atomic E-state index is 0.331.